The molecule has 1 fully saturated rings. The van der Waals surface area contributed by atoms with Crippen molar-refractivity contribution in [1.29, 1.82) is 0 Å². The van der Waals surface area contributed by atoms with Crippen molar-refractivity contribution in [3.05, 3.63) is 23.8 Å². The molecule has 0 bridgehead atoms. The highest BCUT2D eigenvalue weighted by Crippen LogP contribution is 2.35. The Kier molecular flexibility index (Phi) is 5.12. The molecule has 1 aliphatic rings. The molecule has 2 rings (SSSR count). The van der Waals surface area contributed by atoms with Crippen LogP contribution in [0.25, 0.3) is 0 Å². The molecule has 0 saturated carbocycles. The molecule has 1 amide bonds. The van der Waals surface area contributed by atoms with E-state index in [1.807, 2.05) is 4.90 Å². The zero-order valence-electron chi connectivity index (χ0n) is 12.1. The van der Waals surface area contributed by atoms with E-state index in [4.69, 9.17) is 9.47 Å². The molecular formula is C14H17F3N2O3. The van der Waals surface area contributed by atoms with Gasteiger partial charge in [0.15, 0.2) is 0 Å². The summed E-state index contributed by atoms with van der Waals surface area (Å²) in [6, 6.07) is 3.28. The largest absolute Gasteiger partial charge is 0.450 e. The van der Waals surface area contributed by atoms with Crippen molar-refractivity contribution < 1.29 is 27.4 Å². The number of halogens is 3. The number of hydrogen-bond donors (Lipinski definition) is 1. The second kappa shape index (κ2) is 6.87. The second-order valence-corrected chi connectivity index (χ2v) is 4.67. The van der Waals surface area contributed by atoms with Gasteiger partial charge >= 0.3 is 12.3 Å². The van der Waals surface area contributed by atoms with Crippen molar-refractivity contribution in [3.8, 4) is 0 Å². The SMILES string of the molecule is CCOC(=O)Nc1cc(C(F)(F)F)ccc1N1CCOCC1. The molecule has 0 unspecified atom stereocenters. The third kappa shape index (κ3) is 4.03. The van der Waals surface area contributed by atoms with Crippen molar-refractivity contribution >= 4 is 17.5 Å². The summed E-state index contributed by atoms with van der Waals surface area (Å²) >= 11 is 0. The van der Waals surface area contributed by atoms with Crippen LogP contribution in [-0.4, -0.2) is 39.0 Å². The van der Waals surface area contributed by atoms with Crippen molar-refractivity contribution in [2.24, 2.45) is 0 Å². The number of carbonyl (C=O) groups excluding carboxylic acids is 1. The lowest BCUT2D eigenvalue weighted by molar-refractivity contribution is -0.137. The molecular weight excluding hydrogens is 301 g/mol. The predicted molar refractivity (Wildman–Crippen MR) is 75.1 cm³/mol. The summed E-state index contributed by atoms with van der Waals surface area (Å²) in [6.07, 6.45) is -5.26. The fourth-order valence-electron chi connectivity index (χ4n) is 2.17. The summed E-state index contributed by atoms with van der Waals surface area (Å²) in [5.74, 6) is 0. The highest BCUT2D eigenvalue weighted by molar-refractivity contribution is 5.90. The number of rotatable bonds is 3. The Balaban J connectivity index is 2.32. The summed E-state index contributed by atoms with van der Waals surface area (Å²) in [5, 5.41) is 2.38. The van der Waals surface area contributed by atoms with E-state index in [0.29, 0.717) is 32.0 Å². The first kappa shape index (κ1) is 16.4. The van der Waals surface area contributed by atoms with E-state index < -0.39 is 17.8 Å². The summed E-state index contributed by atoms with van der Waals surface area (Å²) in [4.78, 5) is 13.4. The van der Waals surface area contributed by atoms with Crippen molar-refractivity contribution in [3.63, 3.8) is 0 Å². The summed E-state index contributed by atoms with van der Waals surface area (Å²) in [6.45, 7) is 3.82. The van der Waals surface area contributed by atoms with Gasteiger partial charge in [0.2, 0.25) is 0 Å². The van der Waals surface area contributed by atoms with Gasteiger partial charge in [-0.25, -0.2) is 4.79 Å². The molecule has 8 heteroatoms. The van der Waals surface area contributed by atoms with Gasteiger partial charge < -0.3 is 14.4 Å². The fourth-order valence-corrected chi connectivity index (χ4v) is 2.17. The van der Waals surface area contributed by atoms with Gasteiger partial charge in [0.1, 0.15) is 0 Å². The van der Waals surface area contributed by atoms with Crippen molar-refractivity contribution in [2.75, 3.05) is 43.1 Å². The smallest absolute Gasteiger partial charge is 0.416 e. The van der Waals surface area contributed by atoms with Gasteiger partial charge in [0.25, 0.3) is 0 Å². The lowest BCUT2D eigenvalue weighted by atomic mass is 10.1. The zero-order chi connectivity index (χ0) is 16.2. The number of hydrogen-bond acceptors (Lipinski definition) is 4. The third-order valence-corrected chi connectivity index (χ3v) is 3.19. The first-order chi connectivity index (χ1) is 10.4. The maximum Gasteiger partial charge on any atom is 0.416 e. The number of alkyl halides is 3. The van der Waals surface area contributed by atoms with Gasteiger partial charge in [-0.3, -0.25) is 5.32 Å². The molecule has 22 heavy (non-hydrogen) atoms. The van der Waals surface area contributed by atoms with E-state index in [0.717, 1.165) is 12.1 Å². The van der Waals surface area contributed by atoms with Crippen LogP contribution in [0.4, 0.5) is 29.3 Å². The molecule has 0 spiro atoms. The number of benzene rings is 1. The van der Waals surface area contributed by atoms with Crippen LogP contribution in [-0.2, 0) is 15.7 Å². The van der Waals surface area contributed by atoms with Gasteiger partial charge in [0.05, 0.1) is 36.8 Å². The Labute approximate surface area is 126 Å². The van der Waals surface area contributed by atoms with Crippen LogP contribution in [0.5, 0.6) is 0 Å². The Hall–Kier alpha value is -1.96. The monoisotopic (exact) mass is 318 g/mol. The van der Waals surface area contributed by atoms with Crippen LogP contribution in [0.2, 0.25) is 0 Å². The maximum atomic E-state index is 12.8. The zero-order valence-corrected chi connectivity index (χ0v) is 12.1. The van der Waals surface area contributed by atoms with E-state index in [9.17, 15) is 18.0 Å². The maximum absolute atomic E-state index is 12.8. The van der Waals surface area contributed by atoms with Crippen LogP contribution in [0.1, 0.15) is 12.5 Å². The quantitative estimate of drug-likeness (QED) is 0.930. The van der Waals surface area contributed by atoms with Crippen LogP contribution in [0.3, 0.4) is 0 Å². The molecule has 0 radical (unpaired) electrons. The highest BCUT2D eigenvalue weighted by atomic mass is 19.4. The van der Waals surface area contributed by atoms with Crippen LogP contribution >= 0.6 is 0 Å². The standard InChI is InChI=1S/C14H17F3N2O3/c1-2-22-13(20)18-11-9-10(14(15,16)17)3-4-12(11)19-5-7-21-8-6-19/h3-4,9H,2,5-8H2,1H3,(H,18,20). The number of morpholine rings is 1. The molecule has 1 N–H and O–H groups in total. The molecule has 0 atom stereocenters. The van der Waals surface area contributed by atoms with Crippen molar-refractivity contribution in [1.82, 2.24) is 0 Å². The molecule has 1 aromatic rings. The Morgan fingerprint density at radius 3 is 2.64 bits per heavy atom. The lowest BCUT2D eigenvalue weighted by Crippen LogP contribution is -2.36. The van der Waals surface area contributed by atoms with Crippen LogP contribution in [0.15, 0.2) is 18.2 Å². The average molecular weight is 318 g/mol. The number of nitrogens with zero attached hydrogens (tertiary/aromatic N) is 1. The molecule has 1 aromatic carbocycles. The van der Waals surface area contributed by atoms with Crippen molar-refractivity contribution in [2.45, 2.75) is 13.1 Å². The van der Waals surface area contributed by atoms with Gasteiger partial charge in [-0.1, -0.05) is 0 Å². The van der Waals surface area contributed by atoms with E-state index >= 15 is 0 Å². The summed E-state index contributed by atoms with van der Waals surface area (Å²) < 4.78 is 48.5. The molecule has 0 aromatic heterocycles. The molecule has 1 aliphatic heterocycles. The molecule has 1 saturated heterocycles. The highest BCUT2D eigenvalue weighted by Gasteiger charge is 2.32. The molecule has 5 nitrogen and oxygen atoms in total. The number of nitrogens with one attached hydrogen (secondary N) is 1. The normalized spacial score (nSPS) is 15.5. The molecule has 122 valence electrons. The van der Waals surface area contributed by atoms with E-state index in [-0.39, 0.29) is 12.3 Å². The van der Waals surface area contributed by atoms with Gasteiger partial charge in [0, 0.05) is 13.1 Å². The van der Waals surface area contributed by atoms with Crippen LogP contribution in [0, 0.1) is 0 Å². The summed E-state index contributed by atoms with van der Waals surface area (Å²) in [5.41, 5.74) is -0.226. The number of carbonyl (C=O) groups is 1. The first-order valence-electron chi connectivity index (χ1n) is 6.89. The minimum absolute atomic E-state index is 0.0789. The van der Waals surface area contributed by atoms with Gasteiger partial charge in [-0.2, -0.15) is 13.2 Å². The van der Waals surface area contributed by atoms with Crippen LogP contribution < -0.4 is 10.2 Å². The van der Waals surface area contributed by atoms with E-state index in [1.54, 1.807) is 6.92 Å². The Morgan fingerprint density at radius 1 is 1.36 bits per heavy atom. The third-order valence-electron chi connectivity index (χ3n) is 3.19. The van der Waals surface area contributed by atoms with E-state index in [1.165, 1.54) is 6.07 Å². The molecule has 1 heterocycles. The number of anilines is 2. The average Bonchev–Trinajstić information content (AvgIpc) is 2.47. The minimum Gasteiger partial charge on any atom is -0.450 e. The molecule has 0 aliphatic carbocycles. The minimum atomic E-state index is -4.48. The first-order valence-corrected chi connectivity index (χ1v) is 6.89. The van der Waals surface area contributed by atoms with E-state index in [2.05, 4.69) is 5.32 Å². The topological polar surface area (TPSA) is 50.8 Å². The summed E-state index contributed by atoms with van der Waals surface area (Å²) in [7, 11) is 0. The van der Waals surface area contributed by atoms with Gasteiger partial charge in [-0.05, 0) is 25.1 Å². The fraction of sp³-hybridized carbons (Fsp3) is 0.500. The van der Waals surface area contributed by atoms with Gasteiger partial charge in [-0.15, -0.1) is 0 Å². The Morgan fingerprint density at radius 2 is 2.05 bits per heavy atom. The Bertz CT molecular complexity index is 529. The number of ether oxygens (including phenoxy) is 2. The predicted octanol–water partition coefficient (Wildman–Crippen LogP) is 3.11. The second-order valence-electron chi connectivity index (χ2n) is 4.67. The number of amides is 1. The lowest BCUT2D eigenvalue weighted by Gasteiger charge is -2.30.